The van der Waals surface area contributed by atoms with Crippen molar-refractivity contribution in [3.63, 3.8) is 0 Å². The molecule has 0 amide bonds. The number of guanidine groups is 1. The maximum Gasteiger partial charge on any atom is 0.193 e. The third-order valence-electron chi connectivity index (χ3n) is 3.24. The van der Waals surface area contributed by atoms with E-state index >= 15 is 0 Å². The van der Waals surface area contributed by atoms with Gasteiger partial charge in [-0.15, -0.1) is 24.0 Å². The molecular formula is C17H22IN3O2S. The summed E-state index contributed by atoms with van der Waals surface area (Å²) in [6.45, 7) is 4.11. The average Bonchev–Trinajstić information content (AvgIpc) is 2.46. The van der Waals surface area contributed by atoms with Crippen LogP contribution in [0.4, 0.5) is 5.69 Å². The summed E-state index contributed by atoms with van der Waals surface area (Å²) in [5.41, 5.74) is 8.90. The van der Waals surface area contributed by atoms with E-state index in [0.717, 1.165) is 16.8 Å². The van der Waals surface area contributed by atoms with Gasteiger partial charge in [0.15, 0.2) is 15.8 Å². The third-order valence-corrected chi connectivity index (χ3v) is 4.95. The van der Waals surface area contributed by atoms with E-state index in [2.05, 4.69) is 16.4 Å². The second kappa shape index (κ2) is 9.03. The van der Waals surface area contributed by atoms with Crippen molar-refractivity contribution in [1.82, 2.24) is 0 Å². The number of nitrogens with zero attached hydrogens (tertiary/aromatic N) is 1. The minimum atomic E-state index is -3.33. The number of nitrogens with one attached hydrogen (secondary N) is 1. The van der Waals surface area contributed by atoms with E-state index in [4.69, 9.17) is 5.73 Å². The normalized spacial score (nSPS) is 11.7. The molecule has 0 atom stereocenters. The number of aryl methyl sites for hydroxylation is 2. The van der Waals surface area contributed by atoms with Crippen molar-refractivity contribution >= 4 is 45.5 Å². The molecule has 5 nitrogen and oxygen atoms in total. The lowest BCUT2D eigenvalue weighted by atomic mass is 10.1. The van der Waals surface area contributed by atoms with Gasteiger partial charge in [-0.3, -0.25) is 4.99 Å². The number of hydrogen-bond donors (Lipinski definition) is 2. The number of aliphatic imine (C=N–C) groups is 1. The molecule has 0 bridgehead atoms. The summed E-state index contributed by atoms with van der Waals surface area (Å²) in [4.78, 5) is 4.40. The summed E-state index contributed by atoms with van der Waals surface area (Å²) >= 11 is 0. The predicted molar refractivity (Wildman–Crippen MR) is 110 cm³/mol. The molecule has 2 aromatic rings. The quantitative estimate of drug-likeness (QED) is 0.409. The minimum Gasteiger partial charge on any atom is -0.370 e. The Morgan fingerprint density at radius 3 is 2.25 bits per heavy atom. The van der Waals surface area contributed by atoms with Gasteiger partial charge in [-0.25, -0.2) is 8.42 Å². The molecular weight excluding hydrogens is 437 g/mol. The summed E-state index contributed by atoms with van der Waals surface area (Å²) in [6.07, 6.45) is 0. The Morgan fingerprint density at radius 2 is 1.67 bits per heavy atom. The van der Waals surface area contributed by atoms with Crippen LogP contribution in [-0.4, -0.2) is 26.7 Å². The SMILES string of the molecule is Cc1cc(C)cc(NC(N)=NCCS(=O)(=O)c2ccccc2)c1.I. The van der Waals surface area contributed by atoms with Crippen LogP contribution in [0, 0.1) is 13.8 Å². The number of benzene rings is 2. The smallest absolute Gasteiger partial charge is 0.193 e. The number of hydrogen-bond acceptors (Lipinski definition) is 3. The number of halogens is 1. The summed E-state index contributed by atoms with van der Waals surface area (Å²) in [5.74, 6) is 0.130. The predicted octanol–water partition coefficient (Wildman–Crippen LogP) is 3.12. The second-order valence-corrected chi connectivity index (χ2v) is 7.51. The maximum atomic E-state index is 12.1. The fraction of sp³-hybridized carbons (Fsp3) is 0.235. The summed E-state index contributed by atoms with van der Waals surface area (Å²) in [6, 6.07) is 14.3. The van der Waals surface area contributed by atoms with Gasteiger partial charge in [-0.1, -0.05) is 24.3 Å². The molecule has 7 heteroatoms. The van der Waals surface area contributed by atoms with Crippen molar-refractivity contribution in [2.24, 2.45) is 10.7 Å². The molecule has 0 saturated carbocycles. The van der Waals surface area contributed by atoms with E-state index < -0.39 is 9.84 Å². The van der Waals surface area contributed by atoms with Crippen molar-refractivity contribution in [3.8, 4) is 0 Å². The van der Waals surface area contributed by atoms with Crippen LogP contribution in [0.3, 0.4) is 0 Å². The molecule has 2 rings (SSSR count). The molecule has 0 aliphatic heterocycles. The molecule has 24 heavy (non-hydrogen) atoms. The van der Waals surface area contributed by atoms with Gasteiger partial charge in [0.05, 0.1) is 17.2 Å². The van der Waals surface area contributed by atoms with E-state index in [-0.39, 0.29) is 42.2 Å². The maximum absolute atomic E-state index is 12.1. The number of sulfone groups is 1. The van der Waals surface area contributed by atoms with Gasteiger partial charge in [0.2, 0.25) is 0 Å². The first-order chi connectivity index (χ1) is 10.9. The zero-order valence-corrected chi connectivity index (χ0v) is 16.8. The van der Waals surface area contributed by atoms with Gasteiger partial charge < -0.3 is 11.1 Å². The summed E-state index contributed by atoms with van der Waals surface area (Å²) in [5, 5.41) is 2.98. The molecule has 0 radical (unpaired) electrons. The number of nitrogens with two attached hydrogens (primary N) is 1. The highest BCUT2D eigenvalue weighted by Crippen LogP contribution is 2.13. The van der Waals surface area contributed by atoms with Crippen LogP contribution in [-0.2, 0) is 9.84 Å². The van der Waals surface area contributed by atoms with E-state index in [9.17, 15) is 8.42 Å². The Bertz CT molecular complexity index is 786. The van der Waals surface area contributed by atoms with Crippen molar-refractivity contribution in [2.75, 3.05) is 17.6 Å². The van der Waals surface area contributed by atoms with E-state index in [1.165, 1.54) is 0 Å². The van der Waals surface area contributed by atoms with Crippen LogP contribution in [0.15, 0.2) is 58.4 Å². The second-order valence-electron chi connectivity index (χ2n) is 5.40. The van der Waals surface area contributed by atoms with Gasteiger partial charge in [0.25, 0.3) is 0 Å². The molecule has 0 heterocycles. The van der Waals surface area contributed by atoms with Crippen LogP contribution in [0.1, 0.15) is 11.1 Å². The lowest BCUT2D eigenvalue weighted by Gasteiger charge is -2.08. The first kappa shape index (κ1) is 20.4. The number of rotatable bonds is 5. The van der Waals surface area contributed by atoms with Crippen molar-refractivity contribution in [3.05, 3.63) is 59.7 Å². The van der Waals surface area contributed by atoms with Crippen LogP contribution in [0.25, 0.3) is 0 Å². The standard InChI is InChI=1S/C17H21N3O2S.HI/c1-13-10-14(2)12-15(11-13)20-17(18)19-8-9-23(21,22)16-6-4-3-5-7-16;/h3-7,10-12H,8-9H2,1-2H3,(H3,18,19,20);1H. The highest BCUT2D eigenvalue weighted by molar-refractivity contribution is 14.0. The molecule has 3 N–H and O–H groups in total. The molecule has 0 aliphatic carbocycles. The minimum absolute atomic E-state index is 0. The van der Waals surface area contributed by atoms with Gasteiger partial charge in [0.1, 0.15) is 0 Å². The Morgan fingerprint density at radius 1 is 1.08 bits per heavy atom. The van der Waals surface area contributed by atoms with E-state index in [1.54, 1.807) is 30.3 Å². The molecule has 0 spiro atoms. The fourth-order valence-corrected chi connectivity index (χ4v) is 3.41. The van der Waals surface area contributed by atoms with Crippen LogP contribution >= 0.6 is 24.0 Å². The van der Waals surface area contributed by atoms with Gasteiger partial charge >= 0.3 is 0 Å². The first-order valence-corrected chi connectivity index (χ1v) is 8.95. The topological polar surface area (TPSA) is 84.5 Å². The average molecular weight is 459 g/mol. The molecule has 0 aliphatic rings. The zero-order chi connectivity index (χ0) is 16.9. The Balaban J connectivity index is 0.00000288. The summed E-state index contributed by atoms with van der Waals surface area (Å²) < 4.78 is 24.3. The van der Waals surface area contributed by atoms with Gasteiger partial charge in [-0.2, -0.15) is 0 Å². The van der Waals surface area contributed by atoms with Crippen molar-refractivity contribution in [2.45, 2.75) is 18.7 Å². The Hall–Kier alpha value is -1.61. The molecule has 0 unspecified atom stereocenters. The first-order valence-electron chi connectivity index (χ1n) is 7.30. The lowest BCUT2D eigenvalue weighted by molar-refractivity contribution is 0.596. The van der Waals surface area contributed by atoms with E-state index in [0.29, 0.717) is 4.90 Å². The largest absolute Gasteiger partial charge is 0.370 e. The lowest BCUT2D eigenvalue weighted by Crippen LogP contribution is -2.24. The Kier molecular flexibility index (Phi) is 7.68. The van der Waals surface area contributed by atoms with Crippen molar-refractivity contribution in [1.29, 1.82) is 0 Å². The molecule has 130 valence electrons. The monoisotopic (exact) mass is 459 g/mol. The van der Waals surface area contributed by atoms with Gasteiger partial charge in [-0.05, 0) is 49.2 Å². The zero-order valence-electron chi connectivity index (χ0n) is 13.7. The van der Waals surface area contributed by atoms with Crippen LogP contribution in [0.5, 0.6) is 0 Å². The fourth-order valence-electron chi connectivity index (χ4n) is 2.27. The molecule has 0 saturated heterocycles. The highest BCUT2D eigenvalue weighted by Gasteiger charge is 2.12. The molecule has 0 fully saturated rings. The Labute approximate surface area is 160 Å². The summed E-state index contributed by atoms with van der Waals surface area (Å²) in [7, 11) is -3.33. The molecule has 0 aromatic heterocycles. The third kappa shape index (κ3) is 6.12. The van der Waals surface area contributed by atoms with Crippen LogP contribution < -0.4 is 11.1 Å². The van der Waals surface area contributed by atoms with Crippen LogP contribution in [0.2, 0.25) is 0 Å². The highest BCUT2D eigenvalue weighted by atomic mass is 127. The number of anilines is 1. The van der Waals surface area contributed by atoms with Gasteiger partial charge in [0, 0.05) is 5.69 Å². The van der Waals surface area contributed by atoms with Crippen molar-refractivity contribution < 1.29 is 8.42 Å². The molecule has 2 aromatic carbocycles. The van der Waals surface area contributed by atoms with E-state index in [1.807, 2.05) is 26.0 Å².